The second-order valence-corrected chi connectivity index (χ2v) is 11.7. The van der Waals surface area contributed by atoms with E-state index in [1.807, 2.05) is 24.3 Å². The quantitative estimate of drug-likeness (QED) is 0.273. The third-order valence-electron chi connectivity index (χ3n) is 10.0. The lowest BCUT2D eigenvalue weighted by atomic mass is 9.80. The summed E-state index contributed by atoms with van der Waals surface area (Å²) in [6, 6.07) is 0. The van der Waals surface area contributed by atoms with E-state index in [1.54, 1.807) is 0 Å². The third kappa shape index (κ3) is 3.61. The number of fused-ring (bicyclic) bond motifs is 8. The van der Waals surface area contributed by atoms with Gasteiger partial charge in [-0.15, -0.1) is 0 Å². The lowest BCUT2D eigenvalue weighted by Crippen LogP contribution is -2.32. The molecule has 0 aromatic heterocycles. The van der Waals surface area contributed by atoms with Crippen LogP contribution in [0.3, 0.4) is 0 Å². The summed E-state index contributed by atoms with van der Waals surface area (Å²) in [5, 5.41) is 26.7. The van der Waals surface area contributed by atoms with E-state index < -0.39 is 35.7 Å². The molecule has 0 aromatic carbocycles. The van der Waals surface area contributed by atoms with Crippen molar-refractivity contribution in [1.82, 2.24) is 0 Å². The highest BCUT2D eigenvalue weighted by Crippen LogP contribution is 2.57. The summed E-state index contributed by atoms with van der Waals surface area (Å²) in [4.78, 5) is 66.2. The molecule has 202 valence electrons. The van der Waals surface area contributed by atoms with Gasteiger partial charge in [0.2, 0.25) is 0 Å². The van der Waals surface area contributed by atoms with Gasteiger partial charge in [-0.1, -0.05) is 24.3 Å². The van der Waals surface area contributed by atoms with Gasteiger partial charge < -0.3 is 24.8 Å². The van der Waals surface area contributed by atoms with Gasteiger partial charge in [0.15, 0.2) is 0 Å². The summed E-state index contributed by atoms with van der Waals surface area (Å²) < 4.78 is 9.71. The Morgan fingerprint density at radius 2 is 1.08 bits per heavy atom. The molecular weight excluding hydrogens is 500 g/mol. The number of rotatable bonds is 3. The molecule has 2 aliphatic heterocycles. The van der Waals surface area contributed by atoms with Gasteiger partial charge in [-0.3, -0.25) is 28.8 Å². The Morgan fingerprint density at radius 1 is 0.605 bits per heavy atom. The van der Waals surface area contributed by atoms with Gasteiger partial charge >= 0.3 is 35.8 Å². The minimum absolute atomic E-state index is 0.0399. The number of aliphatic carboxylic acids is 3. The number of ether oxygens (including phenoxy) is 2. The maximum atomic E-state index is 11.3. The molecule has 8 rings (SSSR count). The van der Waals surface area contributed by atoms with Gasteiger partial charge in [-0.25, -0.2) is 0 Å². The molecule has 3 N–H and O–H groups in total. The molecule has 2 heterocycles. The summed E-state index contributed by atoms with van der Waals surface area (Å²) in [6.07, 6.45) is 11.1. The molecule has 8 aliphatic rings. The number of hydrogen-bond acceptors (Lipinski definition) is 8. The number of carboxylic acid groups (broad SMARTS) is 3. The second-order valence-electron chi connectivity index (χ2n) is 11.7. The normalized spacial score (nSPS) is 46.7. The van der Waals surface area contributed by atoms with Crippen molar-refractivity contribution in [3.8, 4) is 0 Å². The molecule has 6 bridgehead atoms. The molecule has 38 heavy (non-hydrogen) atoms. The molecule has 0 amide bonds. The number of carboxylic acids is 3. The van der Waals surface area contributed by atoms with Crippen molar-refractivity contribution < 1.29 is 53.6 Å². The lowest BCUT2D eigenvalue weighted by Gasteiger charge is -2.20. The van der Waals surface area contributed by atoms with E-state index in [1.165, 1.54) is 0 Å². The molecule has 13 unspecified atom stereocenters. The summed E-state index contributed by atoms with van der Waals surface area (Å²) in [6.45, 7) is 0. The van der Waals surface area contributed by atoms with Crippen molar-refractivity contribution in [3.63, 3.8) is 0 Å². The van der Waals surface area contributed by atoms with Gasteiger partial charge in [0.25, 0.3) is 0 Å². The van der Waals surface area contributed by atoms with Crippen LogP contribution in [0.25, 0.3) is 0 Å². The highest BCUT2D eigenvalue weighted by Gasteiger charge is 2.64. The molecule has 4 saturated carbocycles. The largest absolute Gasteiger partial charge is 0.481 e. The molecule has 2 saturated heterocycles. The third-order valence-corrected chi connectivity index (χ3v) is 10.0. The Labute approximate surface area is 216 Å². The minimum Gasteiger partial charge on any atom is -0.481 e. The van der Waals surface area contributed by atoms with E-state index in [9.17, 15) is 28.8 Å². The van der Waals surface area contributed by atoms with Crippen LogP contribution in [-0.4, -0.2) is 57.2 Å². The molecule has 6 aliphatic carbocycles. The topological polar surface area (TPSA) is 182 Å². The van der Waals surface area contributed by atoms with Crippen LogP contribution in [0, 0.1) is 71.0 Å². The fraction of sp³-hybridized carbons (Fsp3) is 0.630. The van der Waals surface area contributed by atoms with Crippen molar-refractivity contribution >= 4 is 35.8 Å². The average Bonchev–Trinajstić information content (AvgIpc) is 3.69. The zero-order valence-electron chi connectivity index (χ0n) is 20.3. The molecule has 0 radical (unpaired) electrons. The molecule has 0 aromatic rings. The molecule has 13 atom stereocenters. The van der Waals surface area contributed by atoms with Crippen LogP contribution in [0.4, 0.5) is 0 Å². The summed E-state index contributed by atoms with van der Waals surface area (Å²) in [7, 11) is 0. The van der Waals surface area contributed by atoms with Crippen LogP contribution < -0.4 is 0 Å². The molecule has 0 spiro atoms. The smallest absolute Gasteiger partial charge is 0.318 e. The van der Waals surface area contributed by atoms with Crippen LogP contribution in [0.5, 0.6) is 0 Å². The van der Waals surface area contributed by atoms with E-state index in [0.29, 0.717) is 6.42 Å². The Morgan fingerprint density at radius 3 is 1.58 bits per heavy atom. The van der Waals surface area contributed by atoms with E-state index in [0.717, 1.165) is 19.3 Å². The van der Waals surface area contributed by atoms with Gasteiger partial charge in [-0.2, -0.15) is 0 Å². The van der Waals surface area contributed by atoms with E-state index in [-0.39, 0.29) is 77.3 Å². The summed E-state index contributed by atoms with van der Waals surface area (Å²) >= 11 is 0. The number of hydrogen-bond donors (Lipinski definition) is 3. The van der Waals surface area contributed by atoms with Crippen molar-refractivity contribution in [1.29, 1.82) is 0 Å². The molecule has 6 fully saturated rings. The fourth-order valence-electron chi connectivity index (χ4n) is 8.54. The lowest BCUT2D eigenvalue weighted by molar-refractivity contribution is -0.155. The number of cyclic esters (lactones) is 2. The van der Waals surface area contributed by atoms with Gasteiger partial charge in [0.05, 0.1) is 35.5 Å². The van der Waals surface area contributed by atoms with Crippen LogP contribution in [0.1, 0.15) is 25.7 Å². The number of carbonyl (C=O) groups is 6. The highest BCUT2D eigenvalue weighted by molar-refractivity contribution is 5.98. The van der Waals surface area contributed by atoms with E-state index >= 15 is 0 Å². The Kier molecular flexibility index (Phi) is 5.73. The SMILES string of the molecule is O=C(O)C1C2C=CC(C2)C1C(=O)O.O=C(O)C1C2CC3OC(=O)C1C3C2.O=C1OC(=O)C2C3C=CC(C3)C12. The predicted molar refractivity (Wildman–Crippen MR) is 123 cm³/mol. The van der Waals surface area contributed by atoms with E-state index in [4.69, 9.17) is 20.1 Å². The number of carbonyl (C=O) groups excluding carboxylic acids is 3. The van der Waals surface area contributed by atoms with Gasteiger partial charge in [-0.05, 0) is 55.3 Å². The highest BCUT2D eigenvalue weighted by atomic mass is 16.6. The Hall–Kier alpha value is -3.50. The van der Waals surface area contributed by atoms with E-state index in [2.05, 4.69) is 4.74 Å². The van der Waals surface area contributed by atoms with Gasteiger partial charge in [0, 0.05) is 5.92 Å². The number of esters is 3. The summed E-state index contributed by atoms with van der Waals surface area (Å²) in [5.74, 6) is -5.38. The molecule has 11 nitrogen and oxygen atoms in total. The first kappa shape index (κ1) is 24.8. The Bertz CT molecular complexity index is 1130. The maximum absolute atomic E-state index is 11.3. The standard InChI is InChI=1S/2C9H10O4.C9H8O3/c10-8(11)6-3-1-4-5(2-3)13-9(12)7(4)6;10-8(11)6-4-1-2-5(3-4)7(6)9(12)13;10-8-6-4-1-2-5(3-4)7(6)9(11)12-8/h3-7H,1-2H2,(H,10,11);1-2,4-7H,3H2,(H,10,11)(H,12,13);1-2,4-7H,3H2. The molecule has 11 heteroatoms. The van der Waals surface area contributed by atoms with Gasteiger partial charge in [0.1, 0.15) is 6.10 Å². The first-order valence-corrected chi connectivity index (χ1v) is 13.1. The minimum atomic E-state index is -0.982. The maximum Gasteiger partial charge on any atom is 0.318 e. The Balaban J connectivity index is 0.000000104. The van der Waals surface area contributed by atoms with Crippen molar-refractivity contribution in [2.45, 2.75) is 31.8 Å². The van der Waals surface area contributed by atoms with Crippen molar-refractivity contribution in [2.24, 2.45) is 71.0 Å². The monoisotopic (exact) mass is 528 g/mol. The first-order valence-electron chi connectivity index (χ1n) is 13.1. The fourth-order valence-corrected chi connectivity index (χ4v) is 8.54. The van der Waals surface area contributed by atoms with Crippen LogP contribution in [0.2, 0.25) is 0 Å². The zero-order valence-corrected chi connectivity index (χ0v) is 20.3. The van der Waals surface area contributed by atoms with Crippen molar-refractivity contribution in [2.75, 3.05) is 0 Å². The zero-order chi connectivity index (χ0) is 27.0. The average molecular weight is 529 g/mol. The first-order chi connectivity index (χ1) is 18.1. The van der Waals surface area contributed by atoms with Crippen LogP contribution >= 0.6 is 0 Å². The summed E-state index contributed by atoms with van der Waals surface area (Å²) in [5.41, 5.74) is 0. The van der Waals surface area contributed by atoms with Crippen LogP contribution in [0.15, 0.2) is 24.3 Å². The predicted octanol–water partition coefficient (Wildman–Crippen LogP) is 1.37. The number of allylic oxidation sites excluding steroid dienone is 4. The second kappa shape index (κ2) is 8.78. The van der Waals surface area contributed by atoms with Crippen LogP contribution in [-0.2, 0) is 38.2 Å². The van der Waals surface area contributed by atoms with Crippen molar-refractivity contribution in [3.05, 3.63) is 24.3 Å². The molecular formula is C27H28O11.